The average molecular weight is 324 g/mol. The zero-order valence-electron chi connectivity index (χ0n) is 13.1. The third kappa shape index (κ3) is 3.40. The van der Waals surface area contributed by atoms with E-state index in [0.29, 0.717) is 23.6 Å². The van der Waals surface area contributed by atoms with Gasteiger partial charge in [0.1, 0.15) is 17.0 Å². The summed E-state index contributed by atoms with van der Waals surface area (Å²) in [4.78, 5) is 29.3. The molecular weight excluding hydrogens is 308 g/mol. The van der Waals surface area contributed by atoms with Crippen molar-refractivity contribution in [3.63, 3.8) is 0 Å². The van der Waals surface area contributed by atoms with Gasteiger partial charge >= 0.3 is 5.97 Å². The number of ether oxygens (including phenoxy) is 1. The number of hydrogen-bond acceptors (Lipinski definition) is 6. The molecule has 3 aromatic rings. The first kappa shape index (κ1) is 15.7. The SMILES string of the molecule is COC(=O)c1cc2cc(NCCc3cccc(N=O)c3)cnc2[nH]1. The van der Waals surface area contributed by atoms with Gasteiger partial charge in [0.25, 0.3) is 0 Å². The monoisotopic (exact) mass is 324 g/mol. The molecule has 2 aromatic heterocycles. The highest BCUT2D eigenvalue weighted by atomic mass is 16.5. The molecule has 7 heteroatoms. The van der Waals surface area contributed by atoms with E-state index in [2.05, 4.69) is 25.2 Å². The van der Waals surface area contributed by atoms with Crippen molar-refractivity contribution in [2.75, 3.05) is 19.0 Å². The molecule has 24 heavy (non-hydrogen) atoms. The number of rotatable bonds is 6. The van der Waals surface area contributed by atoms with E-state index in [-0.39, 0.29) is 0 Å². The van der Waals surface area contributed by atoms with Crippen LogP contribution in [0, 0.1) is 4.91 Å². The molecule has 0 amide bonds. The van der Waals surface area contributed by atoms with Crippen LogP contribution in [0.25, 0.3) is 11.0 Å². The summed E-state index contributed by atoms with van der Waals surface area (Å²) in [7, 11) is 1.34. The maximum atomic E-state index is 11.5. The van der Waals surface area contributed by atoms with Crippen LogP contribution in [0.2, 0.25) is 0 Å². The van der Waals surface area contributed by atoms with Crippen LogP contribution in [-0.2, 0) is 11.2 Å². The second-order valence-corrected chi connectivity index (χ2v) is 5.27. The van der Waals surface area contributed by atoms with Gasteiger partial charge in [0.05, 0.1) is 19.0 Å². The zero-order chi connectivity index (χ0) is 16.9. The van der Waals surface area contributed by atoms with Crippen molar-refractivity contribution in [2.45, 2.75) is 6.42 Å². The molecule has 0 fully saturated rings. The minimum atomic E-state index is -0.425. The standard InChI is InChI=1S/C17H16N4O3/c1-24-17(22)15-9-12-8-14(10-19-16(12)20-15)18-6-5-11-3-2-4-13(7-11)21-23/h2-4,7-10,18H,5-6H2,1H3,(H,19,20). The number of carbonyl (C=O) groups excluding carboxylic acids is 1. The topological polar surface area (TPSA) is 96.4 Å². The molecule has 0 spiro atoms. The van der Waals surface area contributed by atoms with E-state index in [1.54, 1.807) is 24.4 Å². The van der Waals surface area contributed by atoms with Gasteiger partial charge in [-0.15, -0.1) is 4.91 Å². The fourth-order valence-electron chi connectivity index (χ4n) is 2.45. The minimum absolute atomic E-state index is 0.371. The zero-order valence-corrected chi connectivity index (χ0v) is 13.1. The number of hydrogen-bond donors (Lipinski definition) is 2. The number of nitrogens with zero attached hydrogens (tertiary/aromatic N) is 2. The van der Waals surface area contributed by atoms with Crippen molar-refractivity contribution < 1.29 is 9.53 Å². The van der Waals surface area contributed by atoms with Gasteiger partial charge in [0, 0.05) is 11.9 Å². The molecule has 0 bridgehead atoms. The number of esters is 1. The first-order valence-electron chi connectivity index (χ1n) is 7.43. The Kier molecular flexibility index (Phi) is 4.51. The summed E-state index contributed by atoms with van der Waals surface area (Å²) in [5.41, 5.74) is 3.31. The summed E-state index contributed by atoms with van der Waals surface area (Å²) < 4.78 is 4.69. The van der Waals surface area contributed by atoms with Gasteiger partial charge in [0.2, 0.25) is 0 Å². The second kappa shape index (κ2) is 6.91. The second-order valence-electron chi connectivity index (χ2n) is 5.27. The smallest absolute Gasteiger partial charge is 0.354 e. The number of aromatic nitrogens is 2. The van der Waals surface area contributed by atoms with E-state index < -0.39 is 5.97 Å². The lowest BCUT2D eigenvalue weighted by Crippen LogP contribution is -2.04. The Morgan fingerprint density at radius 3 is 3.00 bits per heavy atom. The lowest BCUT2D eigenvalue weighted by atomic mass is 10.1. The highest BCUT2D eigenvalue weighted by molar-refractivity contribution is 5.94. The van der Waals surface area contributed by atoms with E-state index in [9.17, 15) is 9.70 Å². The van der Waals surface area contributed by atoms with Gasteiger partial charge in [-0.25, -0.2) is 9.78 Å². The number of carbonyl (C=O) groups is 1. The summed E-state index contributed by atoms with van der Waals surface area (Å²) in [5.74, 6) is -0.425. The Bertz CT molecular complexity index is 888. The molecule has 122 valence electrons. The maximum absolute atomic E-state index is 11.5. The summed E-state index contributed by atoms with van der Waals surface area (Å²) in [6.45, 7) is 0.684. The van der Waals surface area contributed by atoms with Crippen LogP contribution < -0.4 is 5.32 Å². The van der Waals surface area contributed by atoms with E-state index in [4.69, 9.17) is 0 Å². The van der Waals surface area contributed by atoms with Crippen molar-refractivity contribution in [1.82, 2.24) is 9.97 Å². The number of H-pyrrole nitrogens is 1. The number of benzene rings is 1. The van der Waals surface area contributed by atoms with E-state index in [1.807, 2.05) is 18.2 Å². The molecule has 0 unspecified atom stereocenters. The maximum Gasteiger partial charge on any atom is 0.354 e. The molecule has 0 saturated heterocycles. The van der Waals surface area contributed by atoms with Crippen LogP contribution in [-0.4, -0.2) is 29.6 Å². The molecule has 2 heterocycles. The van der Waals surface area contributed by atoms with Crippen LogP contribution in [0.4, 0.5) is 11.4 Å². The Morgan fingerprint density at radius 2 is 2.21 bits per heavy atom. The average Bonchev–Trinajstić information content (AvgIpc) is 3.04. The minimum Gasteiger partial charge on any atom is -0.464 e. The first-order valence-corrected chi connectivity index (χ1v) is 7.43. The first-order chi connectivity index (χ1) is 11.7. The van der Waals surface area contributed by atoms with Crippen molar-refractivity contribution in [2.24, 2.45) is 5.18 Å². The number of anilines is 1. The van der Waals surface area contributed by atoms with Crippen molar-refractivity contribution in [3.8, 4) is 0 Å². The van der Waals surface area contributed by atoms with Crippen LogP contribution in [0.1, 0.15) is 16.1 Å². The molecule has 0 aliphatic heterocycles. The van der Waals surface area contributed by atoms with Crippen LogP contribution >= 0.6 is 0 Å². The molecule has 0 aliphatic rings. The van der Waals surface area contributed by atoms with Crippen molar-refractivity contribution in [1.29, 1.82) is 0 Å². The van der Waals surface area contributed by atoms with Crippen LogP contribution in [0.15, 0.2) is 47.8 Å². The summed E-state index contributed by atoms with van der Waals surface area (Å²) >= 11 is 0. The molecule has 2 N–H and O–H groups in total. The molecule has 0 saturated carbocycles. The summed E-state index contributed by atoms with van der Waals surface area (Å²) in [6, 6.07) is 10.8. The normalized spacial score (nSPS) is 10.5. The van der Waals surface area contributed by atoms with Gasteiger partial charge in [-0.3, -0.25) is 0 Å². The van der Waals surface area contributed by atoms with Crippen molar-refractivity contribution >= 4 is 28.4 Å². The Balaban J connectivity index is 1.66. The highest BCUT2D eigenvalue weighted by Crippen LogP contribution is 2.19. The van der Waals surface area contributed by atoms with Gasteiger partial charge in [-0.2, -0.15) is 0 Å². The fourth-order valence-corrected chi connectivity index (χ4v) is 2.45. The largest absolute Gasteiger partial charge is 0.464 e. The van der Waals surface area contributed by atoms with Gasteiger partial charge in [0.15, 0.2) is 0 Å². The molecular formula is C17H16N4O3. The summed E-state index contributed by atoms with van der Waals surface area (Å²) in [6.07, 6.45) is 2.45. The number of fused-ring (bicyclic) bond motifs is 1. The van der Waals surface area contributed by atoms with Gasteiger partial charge in [-0.05, 0) is 41.4 Å². The van der Waals surface area contributed by atoms with Crippen molar-refractivity contribution in [3.05, 3.63) is 58.8 Å². The number of nitroso groups, excluding NO2 is 1. The Morgan fingerprint density at radius 1 is 1.33 bits per heavy atom. The van der Waals surface area contributed by atoms with E-state index in [1.165, 1.54) is 7.11 Å². The predicted octanol–water partition coefficient (Wildman–Crippen LogP) is 3.40. The van der Waals surface area contributed by atoms with Crippen LogP contribution in [0.5, 0.6) is 0 Å². The lowest BCUT2D eigenvalue weighted by Gasteiger charge is -2.06. The molecule has 7 nitrogen and oxygen atoms in total. The Hall–Kier alpha value is -3.22. The van der Waals surface area contributed by atoms with Gasteiger partial charge in [-0.1, -0.05) is 12.1 Å². The van der Waals surface area contributed by atoms with Gasteiger partial charge < -0.3 is 15.0 Å². The van der Waals surface area contributed by atoms with Crippen LogP contribution in [0.3, 0.4) is 0 Å². The Labute approximate surface area is 138 Å². The number of methoxy groups -OCH3 is 1. The number of nitrogens with one attached hydrogen (secondary N) is 2. The number of aromatic amines is 1. The van der Waals surface area contributed by atoms with E-state index >= 15 is 0 Å². The quantitative estimate of drug-likeness (QED) is 0.535. The molecule has 0 atom stereocenters. The molecule has 0 aliphatic carbocycles. The lowest BCUT2D eigenvalue weighted by molar-refractivity contribution is 0.0595. The fraction of sp³-hybridized carbons (Fsp3) is 0.176. The molecule has 3 rings (SSSR count). The summed E-state index contributed by atoms with van der Waals surface area (Å²) in [5, 5.41) is 7.03. The predicted molar refractivity (Wildman–Crippen MR) is 91.5 cm³/mol. The molecule has 0 radical (unpaired) electrons. The third-order valence-corrected chi connectivity index (χ3v) is 3.63. The number of pyridine rings is 1. The highest BCUT2D eigenvalue weighted by Gasteiger charge is 2.10. The van der Waals surface area contributed by atoms with E-state index in [0.717, 1.165) is 23.1 Å². The third-order valence-electron chi connectivity index (χ3n) is 3.63. The molecule has 1 aromatic carbocycles.